The number of nitrogens with one attached hydrogen (secondary N) is 1. The van der Waals surface area contributed by atoms with Crippen LogP contribution in [0.1, 0.15) is 45.1 Å². The van der Waals surface area contributed by atoms with E-state index in [1.165, 1.54) is 54.0 Å². The van der Waals surface area contributed by atoms with Crippen LogP contribution in [-0.4, -0.2) is 4.98 Å². The number of aromatic amines is 1. The highest BCUT2D eigenvalue weighted by Crippen LogP contribution is 2.31. The molecule has 3 aromatic rings. The van der Waals surface area contributed by atoms with Gasteiger partial charge < -0.3 is 4.98 Å². The normalized spacial score (nSPS) is 13.0. The molecule has 116 valence electrons. The van der Waals surface area contributed by atoms with E-state index in [2.05, 4.69) is 43.1 Å². The molecule has 22 heavy (non-hydrogen) atoms. The first-order valence-electron chi connectivity index (χ1n) is 8.41. The Balaban J connectivity index is 1.95. The maximum absolute atomic E-state index is 6.30. The van der Waals surface area contributed by atoms with E-state index >= 15 is 0 Å². The van der Waals surface area contributed by atoms with Crippen LogP contribution in [0.15, 0.2) is 36.4 Å². The molecule has 1 nitrogen and oxygen atoms in total. The van der Waals surface area contributed by atoms with Gasteiger partial charge in [0.25, 0.3) is 0 Å². The lowest BCUT2D eigenvalue weighted by molar-refractivity contribution is 0.449. The van der Waals surface area contributed by atoms with Crippen molar-refractivity contribution in [3.8, 4) is 0 Å². The summed E-state index contributed by atoms with van der Waals surface area (Å²) in [5, 5.41) is 3.32. The van der Waals surface area contributed by atoms with Gasteiger partial charge in [-0.2, -0.15) is 0 Å². The summed E-state index contributed by atoms with van der Waals surface area (Å²) in [7, 11) is 0. The molecule has 0 radical (unpaired) electrons. The van der Waals surface area contributed by atoms with Gasteiger partial charge in [-0.25, -0.2) is 0 Å². The lowest BCUT2D eigenvalue weighted by atomic mass is 9.91. The number of H-pyrrole nitrogens is 1. The van der Waals surface area contributed by atoms with Crippen molar-refractivity contribution in [2.75, 3.05) is 0 Å². The Hall–Kier alpha value is -1.47. The van der Waals surface area contributed by atoms with Crippen LogP contribution in [0, 0.1) is 5.92 Å². The largest absolute Gasteiger partial charge is 0.353 e. The quantitative estimate of drug-likeness (QED) is 0.519. The van der Waals surface area contributed by atoms with Crippen molar-refractivity contribution in [1.29, 1.82) is 0 Å². The van der Waals surface area contributed by atoms with Gasteiger partial charge in [0.1, 0.15) is 0 Å². The summed E-state index contributed by atoms with van der Waals surface area (Å²) in [5.41, 5.74) is 3.67. The summed E-state index contributed by atoms with van der Waals surface area (Å²) < 4.78 is 0. The molecule has 1 heterocycles. The highest BCUT2D eigenvalue weighted by Gasteiger charge is 2.10. The van der Waals surface area contributed by atoms with Crippen molar-refractivity contribution in [2.45, 2.75) is 46.0 Å². The van der Waals surface area contributed by atoms with Gasteiger partial charge in [-0.1, -0.05) is 69.3 Å². The van der Waals surface area contributed by atoms with E-state index in [1.54, 1.807) is 0 Å². The average molecular weight is 314 g/mol. The molecular formula is C20H24ClN. The van der Waals surface area contributed by atoms with Crippen molar-refractivity contribution in [3.63, 3.8) is 0 Å². The Kier molecular flexibility index (Phi) is 4.73. The molecule has 1 aromatic heterocycles. The lowest BCUT2D eigenvalue weighted by Crippen LogP contribution is -2.03. The second-order valence-electron chi connectivity index (χ2n) is 6.29. The van der Waals surface area contributed by atoms with Gasteiger partial charge in [0.2, 0.25) is 0 Å². The van der Waals surface area contributed by atoms with Crippen LogP contribution in [0.3, 0.4) is 0 Å². The van der Waals surface area contributed by atoms with E-state index in [0.29, 0.717) is 0 Å². The third-order valence-electron chi connectivity index (χ3n) is 4.72. The number of benzene rings is 2. The Morgan fingerprint density at radius 1 is 1.09 bits per heavy atom. The molecule has 0 saturated heterocycles. The fourth-order valence-corrected chi connectivity index (χ4v) is 3.56. The molecule has 0 amide bonds. The molecule has 3 rings (SSSR count). The third kappa shape index (κ3) is 3.01. The van der Waals surface area contributed by atoms with E-state index in [0.717, 1.165) is 16.5 Å². The standard InChI is InChI=1S/C20H24ClN/c1-3-5-7-14(4-2)12-15-10-11-19-17(13-15)16-8-6-9-18(21)20(16)22-19/h6,8-11,13-14,22H,3-5,7,12H2,1-2H3. The van der Waals surface area contributed by atoms with Gasteiger partial charge in [0.05, 0.1) is 10.5 Å². The van der Waals surface area contributed by atoms with Crippen molar-refractivity contribution >= 4 is 33.4 Å². The van der Waals surface area contributed by atoms with Crippen LogP contribution in [0.25, 0.3) is 21.8 Å². The van der Waals surface area contributed by atoms with E-state index in [9.17, 15) is 0 Å². The zero-order valence-corrected chi connectivity index (χ0v) is 14.2. The SMILES string of the molecule is CCCCC(CC)Cc1ccc2[nH]c3c(Cl)cccc3c2c1. The molecule has 0 spiro atoms. The lowest BCUT2D eigenvalue weighted by Gasteiger charge is -2.14. The maximum atomic E-state index is 6.30. The summed E-state index contributed by atoms with van der Waals surface area (Å²) in [6.45, 7) is 4.58. The minimum Gasteiger partial charge on any atom is -0.353 e. The first kappa shape index (κ1) is 15.4. The molecule has 0 aliphatic carbocycles. The second-order valence-corrected chi connectivity index (χ2v) is 6.70. The molecule has 1 N–H and O–H groups in total. The minimum atomic E-state index is 0.796. The molecule has 0 aliphatic heterocycles. The maximum Gasteiger partial charge on any atom is 0.0654 e. The summed E-state index contributed by atoms with van der Waals surface area (Å²) in [4.78, 5) is 3.44. The number of rotatable bonds is 6. The molecule has 2 aromatic carbocycles. The van der Waals surface area contributed by atoms with Crippen LogP contribution < -0.4 is 0 Å². The minimum absolute atomic E-state index is 0.796. The molecule has 0 bridgehead atoms. The highest BCUT2D eigenvalue weighted by molar-refractivity contribution is 6.36. The molecule has 0 aliphatic rings. The predicted octanol–water partition coefficient (Wildman–Crippen LogP) is 6.73. The Morgan fingerprint density at radius 2 is 1.95 bits per heavy atom. The van der Waals surface area contributed by atoms with Crippen molar-refractivity contribution in [3.05, 3.63) is 47.0 Å². The number of hydrogen-bond acceptors (Lipinski definition) is 0. The summed E-state index contributed by atoms with van der Waals surface area (Å²) in [6.07, 6.45) is 6.40. The van der Waals surface area contributed by atoms with Crippen LogP contribution >= 0.6 is 11.6 Å². The van der Waals surface area contributed by atoms with Crippen LogP contribution in [0.2, 0.25) is 5.02 Å². The molecule has 1 atom stereocenters. The molecule has 0 fully saturated rings. The summed E-state index contributed by atoms with van der Waals surface area (Å²) >= 11 is 6.30. The van der Waals surface area contributed by atoms with Crippen LogP contribution in [-0.2, 0) is 6.42 Å². The molecule has 2 heteroatoms. The van der Waals surface area contributed by atoms with Gasteiger partial charge >= 0.3 is 0 Å². The van der Waals surface area contributed by atoms with E-state index in [1.807, 2.05) is 12.1 Å². The average Bonchev–Trinajstić information content (AvgIpc) is 2.91. The van der Waals surface area contributed by atoms with Gasteiger partial charge in [0, 0.05) is 16.3 Å². The number of hydrogen-bond donors (Lipinski definition) is 1. The Morgan fingerprint density at radius 3 is 2.73 bits per heavy atom. The van der Waals surface area contributed by atoms with Crippen molar-refractivity contribution in [2.24, 2.45) is 5.92 Å². The summed E-state index contributed by atoms with van der Waals surface area (Å²) in [5.74, 6) is 0.797. The molecular weight excluding hydrogens is 290 g/mol. The van der Waals surface area contributed by atoms with Gasteiger partial charge in [-0.3, -0.25) is 0 Å². The van der Waals surface area contributed by atoms with E-state index in [4.69, 9.17) is 11.6 Å². The number of aromatic nitrogens is 1. The molecule has 1 unspecified atom stereocenters. The molecule has 0 saturated carbocycles. The fraction of sp³-hybridized carbons (Fsp3) is 0.400. The Labute approximate surface area is 137 Å². The number of unbranched alkanes of at least 4 members (excludes halogenated alkanes) is 1. The first-order valence-corrected chi connectivity index (χ1v) is 8.79. The number of para-hydroxylation sites is 1. The topological polar surface area (TPSA) is 15.8 Å². The van der Waals surface area contributed by atoms with Crippen molar-refractivity contribution in [1.82, 2.24) is 4.98 Å². The van der Waals surface area contributed by atoms with Crippen LogP contribution in [0.5, 0.6) is 0 Å². The van der Waals surface area contributed by atoms with Gasteiger partial charge in [0.15, 0.2) is 0 Å². The van der Waals surface area contributed by atoms with E-state index in [-0.39, 0.29) is 0 Å². The van der Waals surface area contributed by atoms with Crippen molar-refractivity contribution < 1.29 is 0 Å². The van der Waals surface area contributed by atoms with E-state index < -0.39 is 0 Å². The van der Waals surface area contributed by atoms with Gasteiger partial charge in [-0.15, -0.1) is 0 Å². The van der Waals surface area contributed by atoms with Gasteiger partial charge in [-0.05, 0) is 36.1 Å². The first-order chi connectivity index (χ1) is 10.7. The zero-order chi connectivity index (χ0) is 15.5. The zero-order valence-electron chi connectivity index (χ0n) is 13.5. The Bertz CT molecular complexity index is 772. The highest BCUT2D eigenvalue weighted by atomic mass is 35.5. The fourth-order valence-electron chi connectivity index (χ4n) is 3.34. The second kappa shape index (κ2) is 6.75. The summed E-state index contributed by atoms with van der Waals surface area (Å²) in [6, 6.07) is 12.9. The van der Waals surface area contributed by atoms with Crippen LogP contribution in [0.4, 0.5) is 0 Å². The smallest absolute Gasteiger partial charge is 0.0654 e. The predicted molar refractivity (Wildman–Crippen MR) is 97.8 cm³/mol. The number of halogens is 1. The third-order valence-corrected chi connectivity index (χ3v) is 5.03. The monoisotopic (exact) mass is 313 g/mol. The number of fused-ring (bicyclic) bond motifs is 3.